The minimum absolute atomic E-state index is 0.0628. The normalized spacial score (nSPS) is 14.8. The van der Waals surface area contributed by atoms with Gasteiger partial charge in [0.05, 0.1) is 18.1 Å². The predicted octanol–water partition coefficient (Wildman–Crippen LogP) is 4.39. The van der Waals surface area contributed by atoms with Crippen LogP contribution in [0.4, 0.5) is 4.39 Å². The maximum Gasteiger partial charge on any atom is 0.301 e. The number of rotatable bonds is 7. The number of benzene rings is 2. The van der Waals surface area contributed by atoms with Crippen molar-refractivity contribution in [3.05, 3.63) is 66.0 Å². The van der Waals surface area contributed by atoms with E-state index in [1.807, 2.05) is 18.2 Å². The number of fused-ring (bicyclic) bond motifs is 1. The van der Waals surface area contributed by atoms with Crippen molar-refractivity contribution in [2.75, 3.05) is 26.7 Å². The van der Waals surface area contributed by atoms with Gasteiger partial charge in [0, 0.05) is 37.2 Å². The highest BCUT2D eigenvalue weighted by molar-refractivity contribution is 5.95. The molecule has 0 amide bonds. The van der Waals surface area contributed by atoms with Crippen LogP contribution in [0.5, 0.6) is 6.01 Å². The zero-order valence-corrected chi connectivity index (χ0v) is 16.5. The first kappa shape index (κ1) is 19.3. The van der Waals surface area contributed by atoms with Gasteiger partial charge in [0.25, 0.3) is 0 Å². The average Bonchev–Trinajstić information content (AvgIpc) is 3.13. The molecule has 0 aliphatic carbocycles. The molecule has 0 fully saturated rings. The molecule has 0 unspecified atom stereocenters. The molecule has 6 heteroatoms. The highest BCUT2D eigenvalue weighted by atomic mass is 19.1. The first-order chi connectivity index (χ1) is 14.2. The Morgan fingerprint density at radius 3 is 2.69 bits per heavy atom. The van der Waals surface area contributed by atoms with Crippen LogP contribution in [0.25, 0.3) is 16.7 Å². The van der Waals surface area contributed by atoms with E-state index in [0.717, 1.165) is 43.5 Å². The number of imidazole rings is 1. The van der Waals surface area contributed by atoms with E-state index in [0.29, 0.717) is 18.0 Å². The number of hydrogen-bond donors (Lipinski definition) is 0. The number of carbonyl (C=O) groups excluding carboxylic acids is 1. The maximum absolute atomic E-state index is 13.0. The molecule has 5 nitrogen and oxygen atoms in total. The van der Waals surface area contributed by atoms with Crippen molar-refractivity contribution in [2.45, 2.75) is 19.3 Å². The molecule has 0 saturated carbocycles. The Morgan fingerprint density at radius 1 is 1.17 bits per heavy atom. The van der Waals surface area contributed by atoms with Crippen LogP contribution in [0.2, 0.25) is 0 Å². The second-order valence-corrected chi connectivity index (χ2v) is 7.20. The smallest absolute Gasteiger partial charge is 0.301 e. The quantitative estimate of drug-likeness (QED) is 0.559. The SMILES string of the molecule is COc1nc2ccccc2n1C1=CCN(CCCC(=O)c2ccc(F)cc2)CC1. The van der Waals surface area contributed by atoms with E-state index < -0.39 is 0 Å². The summed E-state index contributed by atoms with van der Waals surface area (Å²) in [6.07, 6.45) is 4.36. The van der Waals surface area contributed by atoms with Gasteiger partial charge >= 0.3 is 6.01 Å². The number of aromatic nitrogens is 2. The maximum atomic E-state index is 13.0. The Kier molecular flexibility index (Phi) is 5.71. The van der Waals surface area contributed by atoms with Gasteiger partial charge in [-0.2, -0.15) is 4.98 Å². The molecule has 0 saturated heterocycles. The summed E-state index contributed by atoms with van der Waals surface area (Å²) in [6, 6.07) is 14.4. The van der Waals surface area contributed by atoms with E-state index >= 15 is 0 Å². The van der Waals surface area contributed by atoms with Crippen molar-refractivity contribution in [3.63, 3.8) is 0 Å². The number of nitrogens with zero attached hydrogens (tertiary/aromatic N) is 3. The van der Waals surface area contributed by atoms with Crippen LogP contribution in [0.3, 0.4) is 0 Å². The lowest BCUT2D eigenvalue weighted by atomic mass is 10.1. The van der Waals surface area contributed by atoms with Crippen LogP contribution in [-0.4, -0.2) is 47.0 Å². The van der Waals surface area contributed by atoms with Crippen LogP contribution in [0.15, 0.2) is 54.6 Å². The first-order valence-electron chi connectivity index (χ1n) is 9.87. The third kappa shape index (κ3) is 4.22. The topological polar surface area (TPSA) is 47.4 Å². The monoisotopic (exact) mass is 393 g/mol. The second kappa shape index (κ2) is 8.57. The molecular weight excluding hydrogens is 369 g/mol. The van der Waals surface area contributed by atoms with Crippen LogP contribution in [-0.2, 0) is 0 Å². The Labute approximate surface area is 169 Å². The predicted molar refractivity (Wildman–Crippen MR) is 112 cm³/mol. The minimum atomic E-state index is -0.320. The molecule has 1 aliphatic rings. The molecule has 3 aromatic rings. The molecule has 0 bridgehead atoms. The van der Waals surface area contributed by atoms with Crippen LogP contribution < -0.4 is 4.74 Å². The van der Waals surface area contributed by atoms with E-state index in [9.17, 15) is 9.18 Å². The number of carbonyl (C=O) groups is 1. The lowest BCUT2D eigenvalue weighted by Crippen LogP contribution is -2.30. The summed E-state index contributed by atoms with van der Waals surface area (Å²) in [5, 5.41) is 0. The number of para-hydroxylation sites is 2. The molecule has 29 heavy (non-hydrogen) atoms. The molecule has 1 aliphatic heterocycles. The minimum Gasteiger partial charge on any atom is -0.468 e. The molecule has 0 N–H and O–H groups in total. The van der Waals surface area contributed by atoms with Gasteiger partial charge in [-0.15, -0.1) is 0 Å². The standard InChI is InChI=1S/C23H24FN3O2/c1-29-23-25-20-5-2-3-6-21(20)27(23)19-12-15-26(16-13-19)14-4-7-22(28)17-8-10-18(24)11-9-17/h2-3,5-6,8-12H,4,7,13-16H2,1H3. The zero-order chi connectivity index (χ0) is 20.2. The van der Waals surface area contributed by atoms with Crippen molar-refractivity contribution in [1.29, 1.82) is 0 Å². The zero-order valence-electron chi connectivity index (χ0n) is 16.5. The third-order valence-electron chi connectivity index (χ3n) is 5.31. The summed E-state index contributed by atoms with van der Waals surface area (Å²) in [5.74, 6) is -0.257. The van der Waals surface area contributed by atoms with Gasteiger partial charge in [-0.3, -0.25) is 14.3 Å². The number of hydrogen-bond acceptors (Lipinski definition) is 4. The van der Waals surface area contributed by atoms with Crippen LogP contribution >= 0.6 is 0 Å². The molecule has 2 heterocycles. The largest absolute Gasteiger partial charge is 0.468 e. The molecule has 0 radical (unpaired) electrons. The number of methoxy groups -OCH3 is 1. The van der Waals surface area contributed by atoms with Crippen molar-refractivity contribution in [2.24, 2.45) is 0 Å². The van der Waals surface area contributed by atoms with E-state index in [-0.39, 0.29) is 11.6 Å². The summed E-state index contributed by atoms with van der Waals surface area (Å²) >= 11 is 0. The first-order valence-corrected chi connectivity index (χ1v) is 9.87. The lowest BCUT2D eigenvalue weighted by molar-refractivity contribution is 0.0975. The highest BCUT2D eigenvalue weighted by Gasteiger charge is 2.19. The number of halogens is 1. The number of ketones is 1. The van der Waals surface area contributed by atoms with Gasteiger partial charge in [0.2, 0.25) is 0 Å². The Bertz CT molecular complexity index is 1040. The molecular formula is C23H24FN3O2. The lowest BCUT2D eigenvalue weighted by Gasteiger charge is -2.27. The van der Waals surface area contributed by atoms with Crippen molar-refractivity contribution in [3.8, 4) is 6.01 Å². The van der Waals surface area contributed by atoms with Gasteiger partial charge in [0.15, 0.2) is 5.78 Å². The summed E-state index contributed by atoms with van der Waals surface area (Å²) in [7, 11) is 1.64. The van der Waals surface area contributed by atoms with Crippen LogP contribution in [0, 0.1) is 5.82 Å². The highest BCUT2D eigenvalue weighted by Crippen LogP contribution is 2.28. The van der Waals surface area contributed by atoms with Gasteiger partial charge < -0.3 is 4.74 Å². The Hall–Kier alpha value is -2.99. The number of ether oxygens (including phenoxy) is 1. The fraction of sp³-hybridized carbons (Fsp3) is 0.304. The molecule has 4 rings (SSSR count). The van der Waals surface area contributed by atoms with Gasteiger partial charge in [-0.05, 0) is 49.4 Å². The fourth-order valence-electron chi connectivity index (χ4n) is 3.77. The van der Waals surface area contributed by atoms with Crippen molar-refractivity contribution >= 4 is 22.5 Å². The van der Waals surface area contributed by atoms with Crippen molar-refractivity contribution < 1.29 is 13.9 Å². The third-order valence-corrected chi connectivity index (χ3v) is 5.31. The van der Waals surface area contributed by atoms with Gasteiger partial charge in [-0.25, -0.2) is 4.39 Å². The molecule has 150 valence electrons. The molecule has 1 aromatic heterocycles. The van der Waals surface area contributed by atoms with Gasteiger partial charge in [-0.1, -0.05) is 18.2 Å². The molecule has 0 spiro atoms. The van der Waals surface area contributed by atoms with Crippen molar-refractivity contribution in [1.82, 2.24) is 14.5 Å². The summed E-state index contributed by atoms with van der Waals surface area (Å²) in [5.41, 5.74) is 3.74. The Morgan fingerprint density at radius 2 is 1.97 bits per heavy atom. The average molecular weight is 393 g/mol. The van der Waals surface area contributed by atoms with E-state index in [2.05, 4.69) is 26.6 Å². The summed E-state index contributed by atoms with van der Waals surface area (Å²) in [4.78, 5) is 19.1. The Balaban J connectivity index is 1.35. The van der Waals surface area contributed by atoms with Gasteiger partial charge in [0.1, 0.15) is 5.82 Å². The van der Waals surface area contributed by atoms with Crippen LogP contribution in [0.1, 0.15) is 29.6 Å². The van der Waals surface area contributed by atoms with E-state index in [1.165, 1.54) is 17.8 Å². The molecule has 0 atom stereocenters. The summed E-state index contributed by atoms with van der Waals surface area (Å²) in [6.45, 7) is 2.61. The molecule has 2 aromatic carbocycles. The summed E-state index contributed by atoms with van der Waals surface area (Å²) < 4.78 is 20.6. The number of Topliss-reactive ketones (excluding diaryl/α,β-unsaturated/α-hetero) is 1. The fourth-order valence-corrected chi connectivity index (χ4v) is 3.77. The van der Waals surface area contributed by atoms with E-state index in [4.69, 9.17) is 4.74 Å². The van der Waals surface area contributed by atoms with E-state index in [1.54, 1.807) is 19.2 Å². The second-order valence-electron chi connectivity index (χ2n) is 7.20.